The standard InChI is InChI=1S/C11H15N3O2/c1-16-11(15)8-4-9(12)10(14-6-8)13-5-7-2-3-7/h4,6-7H,2-3,5,12H2,1H3,(H,13,14). The fourth-order valence-corrected chi connectivity index (χ4v) is 1.42. The normalized spacial score (nSPS) is 14.6. The molecule has 1 aromatic rings. The molecule has 0 aromatic carbocycles. The van der Waals surface area contributed by atoms with Crippen LogP contribution in [0.25, 0.3) is 0 Å². The third-order valence-corrected chi connectivity index (χ3v) is 2.59. The van der Waals surface area contributed by atoms with Gasteiger partial charge in [0.15, 0.2) is 0 Å². The van der Waals surface area contributed by atoms with E-state index in [2.05, 4.69) is 15.0 Å². The average Bonchev–Trinajstić information content (AvgIpc) is 3.10. The van der Waals surface area contributed by atoms with Crippen LogP contribution in [0.2, 0.25) is 0 Å². The molecule has 1 aliphatic rings. The van der Waals surface area contributed by atoms with Crippen LogP contribution >= 0.6 is 0 Å². The smallest absolute Gasteiger partial charge is 0.339 e. The van der Waals surface area contributed by atoms with Crippen molar-refractivity contribution in [2.45, 2.75) is 12.8 Å². The first-order valence-corrected chi connectivity index (χ1v) is 5.28. The molecular weight excluding hydrogens is 206 g/mol. The van der Waals surface area contributed by atoms with Crippen molar-refractivity contribution in [1.29, 1.82) is 0 Å². The van der Waals surface area contributed by atoms with Crippen LogP contribution in [0.4, 0.5) is 11.5 Å². The van der Waals surface area contributed by atoms with E-state index in [0.717, 1.165) is 12.5 Å². The minimum Gasteiger partial charge on any atom is -0.465 e. The van der Waals surface area contributed by atoms with Crippen molar-refractivity contribution in [2.75, 3.05) is 24.7 Å². The number of nitrogens with two attached hydrogens (primary N) is 1. The summed E-state index contributed by atoms with van der Waals surface area (Å²) in [5.74, 6) is 0.967. The number of carbonyl (C=O) groups excluding carboxylic acids is 1. The van der Waals surface area contributed by atoms with Gasteiger partial charge in [-0.15, -0.1) is 0 Å². The van der Waals surface area contributed by atoms with Crippen LogP contribution in [0.3, 0.4) is 0 Å². The summed E-state index contributed by atoms with van der Waals surface area (Å²) in [6.45, 7) is 0.898. The third kappa shape index (κ3) is 2.42. The van der Waals surface area contributed by atoms with Crippen molar-refractivity contribution < 1.29 is 9.53 Å². The van der Waals surface area contributed by atoms with Gasteiger partial charge < -0.3 is 15.8 Å². The summed E-state index contributed by atoms with van der Waals surface area (Å²) in [5.41, 5.74) is 6.64. The largest absolute Gasteiger partial charge is 0.465 e. The number of anilines is 2. The molecule has 0 radical (unpaired) electrons. The summed E-state index contributed by atoms with van der Waals surface area (Å²) in [6.07, 6.45) is 4.01. The Morgan fingerprint density at radius 3 is 3.00 bits per heavy atom. The Bertz CT molecular complexity index is 402. The molecule has 1 aliphatic carbocycles. The Labute approximate surface area is 94.0 Å². The topological polar surface area (TPSA) is 77.2 Å². The Morgan fingerprint density at radius 1 is 1.69 bits per heavy atom. The summed E-state index contributed by atoms with van der Waals surface area (Å²) >= 11 is 0. The van der Waals surface area contributed by atoms with E-state index < -0.39 is 5.97 Å². The van der Waals surface area contributed by atoms with Crippen molar-refractivity contribution in [2.24, 2.45) is 5.92 Å². The molecule has 16 heavy (non-hydrogen) atoms. The molecule has 5 nitrogen and oxygen atoms in total. The zero-order chi connectivity index (χ0) is 11.5. The van der Waals surface area contributed by atoms with E-state index in [1.165, 1.54) is 26.1 Å². The van der Waals surface area contributed by atoms with Gasteiger partial charge in [-0.1, -0.05) is 0 Å². The Kier molecular flexibility index (Phi) is 2.94. The van der Waals surface area contributed by atoms with E-state index in [1.807, 2.05) is 0 Å². The second kappa shape index (κ2) is 4.38. The maximum absolute atomic E-state index is 11.2. The summed E-state index contributed by atoms with van der Waals surface area (Å²) in [5, 5.41) is 3.17. The highest BCUT2D eigenvalue weighted by molar-refractivity contribution is 5.90. The molecule has 3 N–H and O–H groups in total. The number of aromatic nitrogens is 1. The Balaban J connectivity index is 2.05. The average molecular weight is 221 g/mol. The quantitative estimate of drug-likeness (QED) is 0.749. The first-order valence-electron chi connectivity index (χ1n) is 5.28. The van der Waals surface area contributed by atoms with Gasteiger partial charge in [0.05, 0.1) is 18.4 Å². The molecule has 0 saturated heterocycles. The molecule has 0 spiro atoms. The number of hydrogen-bond acceptors (Lipinski definition) is 5. The summed E-state index contributed by atoms with van der Waals surface area (Å²) < 4.78 is 4.58. The Morgan fingerprint density at radius 2 is 2.44 bits per heavy atom. The molecule has 1 fully saturated rings. The summed E-state index contributed by atoms with van der Waals surface area (Å²) in [7, 11) is 1.33. The van der Waals surface area contributed by atoms with Crippen LogP contribution < -0.4 is 11.1 Å². The number of rotatable bonds is 4. The highest BCUT2D eigenvalue weighted by Gasteiger charge is 2.21. The maximum atomic E-state index is 11.2. The molecule has 1 heterocycles. The second-order valence-corrected chi connectivity index (χ2v) is 3.98. The molecule has 0 aliphatic heterocycles. The van der Waals surface area contributed by atoms with Crippen LogP contribution in [0, 0.1) is 5.92 Å². The predicted molar refractivity (Wildman–Crippen MR) is 61.2 cm³/mol. The maximum Gasteiger partial charge on any atom is 0.339 e. The lowest BCUT2D eigenvalue weighted by molar-refractivity contribution is 0.0600. The van der Waals surface area contributed by atoms with Crippen molar-refractivity contribution in [3.05, 3.63) is 17.8 Å². The van der Waals surface area contributed by atoms with E-state index >= 15 is 0 Å². The van der Waals surface area contributed by atoms with Crippen molar-refractivity contribution in [1.82, 2.24) is 4.98 Å². The zero-order valence-electron chi connectivity index (χ0n) is 9.19. The van der Waals surface area contributed by atoms with Crippen LogP contribution in [-0.2, 0) is 4.74 Å². The van der Waals surface area contributed by atoms with E-state index in [1.54, 1.807) is 6.07 Å². The SMILES string of the molecule is COC(=O)c1cnc(NCC2CC2)c(N)c1. The Hall–Kier alpha value is -1.78. The van der Waals surface area contributed by atoms with E-state index in [0.29, 0.717) is 17.1 Å². The van der Waals surface area contributed by atoms with Gasteiger partial charge in [0.1, 0.15) is 5.82 Å². The minimum atomic E-state index is -0.423. The molecular formula is C11H15N3O2. The van der Waals surface area contributed by atoms with Crippen molar-refractivity contribution >= 4 is 17.5 Å². The molecule has 86 valence electrons. The van der Waals surface area contributed by atoms with Crippen molar-refractivity contribution in [3.8, 4) is 0 Å². The molecule has 0 amide bonds. The second-order valence-electron chi connectivity index (χ2n) is 3.98. The molecule has 1 saturated carbocycles. The number of ether oxygens (including phenoxy) is 1. The molecule has 0 bridgehead atoms. The lowest BCUT2D eigenvalue weighted by Crippen LogP contribution is -2.09. The number of methoxy groups -OCH3 is 1. The lowest BCUT2D eigenvalue weighted by Gasteiger charge is -2.08. The number of pyridine rings is 1. The number of hydrogen-bond donors (Lipinski definition) is 2. The monoisotopic (exact) mass is 221 g/mol. The minimum absolute atomic E-state index is 0.372. The zero-order valence-corrected chi connectivity index (χ0v) is 9.19. The molecule has 0 unspecified atom stereocenters. The summed E-state index contributed by atoms with van der Waals surface area (Å²) in [4.78, 5) is 15.3. The van der Waals surface area contributed by atoms with Gasteiger partial charge in [0, 0.05) is 12.7 Å². The van der Waals surface area contributed by atoms with Crippen LogP contribution in [0.5, 0.6) is 0 Å². The van der Waals surface area contributed by atoms with Gasteiger partial charge in [-0.2, -0.15) is 0 Å². The van der Waals surface area contributed by atoms with Crippen LogP contribution in [-0.4, -0.2) is 24.6 Å². The van der Waals surface area contributed by atoms with Gasteiger partial charge in [0.25, 0.3) is 0 Å². The van der Waals surface area contributed by atoms with Gasteiger partial charge in [-0.05, 0) is 24.8 Å². The molecule has 2 rings (SSSR count). The highest BCUT2D eigenvalue weighted by atomic mass is 16.5. The van der Waals surface area contributed by atoms with Gasteiger partial charge >= 0.3 is 5.97 Å². The number of nitrogens with zero attached hydrogens (tertiary/aromatic N) is 1. The van der Waals surface area contributed by atoms with Crippen LogP contribution in [0.15, 0.2) is 12.3 Å². The molecule has 5 heteroatoms. The van der Waals surface area contributed by atoms with Crippen LogP contribution in [0.1, 0.15) is 23.2 Å². The first kappa shape index (κ1) is 10.7. The fourth-order valence-electron chi connectivity index (χ4n) is 1.42. The predicted octanol–water partition coefficient (Wildman–Crippen LogP) is 1.27. The van der Waals surface area contributed by atoms with E-state index in [9.17, 15) is 4.79 Å². The molecule has 1 aromatic heterocycles. The number of nitrogen functional groups attached to an aromatic ring is 1. The fraction of sp³-hybridized carbons (Fsp3) is 0.455. The summed E-state index contributed by atoms with van der Waals surface area (Å²) in [6, 6.07) is 1.58. The number of carbonyl (C=O) groups is 1. The van der Waals surface area contributed by atoms with E-state index in [-0.39, 0.29) is 0 Å². The van der Waals surface area contributed by atoms with Gasteiger partial charge in [-0.25, -0.2) is 9.78 Å². The lowest BCUT2D eigenvalue weighted by atomic mass is 10.2. The first-order chi connectivity index (χ1) is 7.70. The number of nitrogens with one attached hydrogen (secondary N) is 1. The number of esters is 1. The van der Waals surface area contributed by atoms with Crippen molar-refractivity contribution in [3.63, 3.8) is 0 Å². The van der Waals surface area contributed by atoms with Gasteiger partial charge in [-0.3, -0.25) is 0 Å². The van der Waals surface area contributed by atoms with E-state index in [4.69, 9.17) is 5.73 Å². The highest BCUT2D eigenvalue weighted by Crippen LogP contribution is 2.29. The molecule has 0 atom stereocenters. The third-order valence-electron chi connectivity index (χ3n) is 2.59. The van der Waals surface area contributed by atoms with Gasteiger partial charge in [0.2, 0.25) is 0 Å².